The van der Waals surface area contributed by atoms with Gasteiger partial charge in [0.2, 0.25) is 5.91 Å². The SMILES string of the molecule is COc1ccccc1NCC(=O)Nc1cc(Cl)ccc1F. The number of amides is 1. The largest absolute Gasteiger partial charge is 0.495 e. The van der Waals surface area contributed by atoms with E-state index in [1.54, 1.807) is 19.2 Å². The van der Waals surface area contributed by atoms with Crippen molar-refractivity contribution in [2.24, 2.45) is 0 Å². The van der Waals surface area contributed by atoms with Gasteiger partial charge < -0.3 is 15.4 Å². The van der Waals surface area contributed by atoms with Crippen LogP contribution in [0.25, 0.3) is 0 Å². The van der Waals surface area contributed by atoms with Crippen LogP contribution in [-0.4, -0.2) is 19.6 Å². The van der Waals surface area contributed by atoms with Gasteiger partial charge in [0.05, 0.1) is 25.0 Å². The molecule has 1 amide bonds. The lowest BCUT2D eigenvalue weighted by Gasteiger charge is -2.11. The van der Waals surface area contributed by atoms with Crippen LogP contribution >= 0.6 is 11.6 Å². The third-order valence-corrected chi connectivity index (χ3v) is 2.98. The summed E-state index contributed by atoms with van der Waals surface area (Å²) in [4.78, 5) is 11.8. The first-order valence-electron chi connectivity index (χ1n) is 6.22. The summed E-state index contributed by atoms with van der Waals surface area (Å²) in [7, 11) is 1.54. The Morgan fingerprint density at radius 3 is 2.76 bits per heavy atom. The molecule has 0 radical (unpaired) electrons. The Kier molecular flexibility index (Phi) is 5.00. The van der Waals surface area contributed by atoms with Gasteiger partial charge in [-0.3, -0.25) is 4.79 Å². The predicted molar refractivity (Wildman–Crippen MR) is 81.5 cm³/mol. The normalized spacial score (nSPS) is 10.0. The van der Waals surface area contributed by atoms with Crippen LogP contribution < -0.4 is 15.4 Å². The van der Waals surface area contributed by atoms with Crippen molar-refractivity contribution >= 4 is 28.9 Å². The van der Waals surface area contributed by atoms with Crippen molar-refractivity contribution in [3.05, 3.63) is 53.3 Å². The molecular formula is C15H14ClFN2O2. The van der Waals surface area contributed by atoms with E-state index in [0.29, 0.717) is 16.5 Å². The number of carbonyl (C=O) groups is 1. The van der Waals surface area contributed by atoms with E-state index in [2.05, 4.69) is 10.6 Å². The summed E-state index contributed by atoms with van der Waals surface area (Å²) in [5.74, 6) is -0.300. The minimum atomic E-state index is -0.537. The molecule has 0 aliphatic heterocycles. The van der Waals surface area contributed by atoms with Crippen molar-refractivity contribution in [1.29, 1.82) is 0 Å². The standard InChI is InChI=1S/C15H14ClFN2O2/c1-21-14-5-3-2-4-12(14)18-9-15(20)19-13-8-10(16)6-7-11(13)17/h2-8,18H,9H2,1H3,(H,19,20). The molecule has 0 aliphatic carbocycles. The zero-order valence-electron chi connectivity index (χ0n) is 11.3. The molecule has 0 aromatic heterocycles. The smallest absolute Gasteiger partial charge is 0.243 e. The highest BCUT2D eigenvalue weighted by atomic mass is 35.5. The molecule has 110 valence electrons. The Labute approximate surface area is 126 Å². The van der Waals surface area contributed by atoms with E-state index in [0.717, 1.165) is 0 Å². The van der Waals surface area contributed by atoms with Crippen LogP contribution in [0.5, 0.6) is 5.75 Å². The monoisotopic (exact) mass is 308 g/mol. The molecule has 0 bridgehead atoms. The number of hydrogen-bond acceptors (Lipinski definition) is 3. The maximum atomic E-state index is 13.5. The van der Waals surface area contributed by atoms with Crippen molar-refractivity contribution in [2.45, 2.75) is 0 Å². The molecule has 0 spiro atoms. The van der Waals surface area contributed by atoms with Gasteiger partial charge in [-0.1, -0.05) is 23.7 Å². The quantitative estimate of drug-likeness (QED) is 0.888. The molecule has 0 fully saturated rings. The van der Waals surface area contributed by atoms with Crippen LogP contribution in [-0.2, 0) is 4.79 Å². The Bertz CT molecular complexity index is 649. The lowest BCUT2D eigenvalue weighted by Crippen LogP contribution is -2.22. The number of halogens is 2. The molecule has 0 atom stereocenters. The van der Waals surface area contributed by atoms with Gasteiger partial charge >= 0.3 is 0 Å². The highest BCUT2D eigenvalue weighted by Gasteiger charge is 2.08. The first kappa shape index (κ1) is 15.1. The van der Waals surface area contributed by atoms with Gasteiger partial charge in [-0.05, 0) is 30.3 Å². The summed E-state index contributed by atoms with van der Waals surface area (Å²) in [5, 5.41) is 5.73. The minimum absolute atomic E-state index is 0.0215. The van der Waals surface area contributed by atoms with Gasteiger partial charge in [0.25, 0.3) is 0 Å². The number of rotatable bonds is 5. The van der Waals surface area contributed by atoms with Gasteiger partial charge in [0.15, 0.2) is 0 Å². The van der Waals surface area contributed by atoms with E-state index in [1.165, 1.54) is 18.2 Å². The van der Waals surface area contributed by atoms with Crippen LogP contribution in [0.4, 0.5) is 15.8 Å². The molecule has 0 saturated heterocycles. The van der Waals surface area contributed by atoms with Crippen LogP contribution in [0, 0.1) is 5.82 Å². The van der Waals surface area contributed by atoms with E-state index >= 15 is 0 Å². The number of hydrogen-bond donors (Lipinski definition) is 2. The fourth-order valence-corrected chi connectivity index (χ4v) is 1.93. The fourth-order valence-electron chi connectivity index (χ4n) is 1.75. The van der Waals surface area contributed by atoms with E-state index in [-0.39, 0.29) is 18.1 Å². The average molecular weight is 309 g/mol. The summed E-state index contributed by atoms with van der Waals surface area (Å²) in [6.45, 7) is -0.0215. The van der Waals surface area contributed by atoms with Crippen molar-refractivity contribution in [2.75, 3.05) is 24.3 Å². The first-order chi connectivity index (χ1) is 10.1. The molecular weight excluding hydrogens is 295 g/mol. The maximum Gasteiger partial charge on any atom is 0.243 e. The van der Waals surface area contributed by atoms with Gasteiger partial charge in [-0.2, -0.15) is 0 Å². The van der Waals surface area contributed by atoms with Gasteiger partial charge in [-0.15, -0.1) is 0 Å². The number of methoxy groups -OCH3 is 1. The molecule has 0 saturated carbocycles. The second kappa shape index (κ2) is 6.95. The zero-order chi connectivity index (χ0) is 15.2. The molecule has 0 unspecified atom stereocenters. The highest BCUT2D eigenvalue weighted by molar-refractivity contribution is 6.30. The lowest BCUT2D eigenvalue weighted by atomic mass is 10.3. The topological polar surface area (TPSA) is 50.4 Å². The minimum Gasteiger partial charge on any atom is -0.495 e. The predicted octanol–water partition coefficient (Wildman–Crippen LogP) is 3.54. The van der Waals surface area contributed by atoms with Gasteiger partial charge in [-0.25, -0.2) is 4.39 Å². The second-order valence-corrected chi connectivity index (χ2v) is 4.66. The van der Waals surface area contributed by atoms with E-state index in [4.69, 9.17) is 16.3 Å². The molecule has 21 heavy (non-hydrogen) atoms. The summed E-state index contributed by atoms with van der Waals surface area (Å²) in [6, 6.07) is 11.2. The van der Waals surface area contributed by atoms with Crippen molar-refractivity contribution in [1.82, 2.24) is 0 Å². The molecule has 2 rings (SSSR count). The first-order valence-corrected chi connectivity index (χ1v) is 6.59. The van der Waals surface area contributed by atoms with E-state index in [9.17, 15) is 9.18 Å². The van der Waals surface area contributed by atoms with Crippen LogP contribution in [0.1, 0.15) is 0 Å². The number of carbonyl (C=O) groups excluding carboxylic acids is 1. The Hall–Kier alpha value is -2.27. The Balaban J connectivity index is 1.97. The Morgan fingerprint density at radius 1 is 1.24 bits per heavy atom. The number of para-hydroxylation sites is 2. The average Bonchev–Trinajstić information content (AvgIpc) is 2.49. The van der Waals surface area contributed by atoms with E-state index < -0.39 is 5.82 Å². The summed E-state index contributed by atoms with van der Waals surface area (Å²) >= 11 is 5.76. The molecule has 0 aliphatic rings. The second-order valence-electron chi connectivity index (χ2n) is 4.23. The van der Waals surface area contributed by atoms with E-state index in [1.807, 2.05) is 12.1 Å². The lowest BCUT2D eigenvalue weighted by molar-refractivity contribution is -0.114. The molecule has 0 heterocycles. The third-order valence-electron chi connectivity index (χ3n) is 2.75. The Morgan fingerprint density at radius 2 is 2.00 bits per heavy atom. The molecule has 2 aromatic rings. The highest BCUT2D eigenvalue weighted by Crippen LogP contribution is 2.23. The third kappa shape index (κ3) is 4.10. The summed E-state index contributed by atoms with van der Waals surface area (Å²) in [5.41, 5.74) is 0.732. The number of anilines is 2. The van der Waals surface area contributed by atoms with Crippen molar-refractivity contribution < 1.29 is 13.9 Å². The van der Waals surface area contributed by atoms with Gasteiger partial charge in [0.1, 0.15) is 11.6 Å². The zero-order valence-corrected chi connectivity index (χ0v) is 12.1. The van der Waals surface area contributed by atoms with Crippen LogP contribution in [0.3, 0.4) is 0 Å². The van der Waals surface area contributed by atoms with Gasteiger partial charge in [0, 0.05) is 5.02 Å². The number of nitrogens with one attached hydrogen (secondary N) is 2. The maximum absolute atomic E-state index is 13.5. The van der Waals surface area contributed by atoms with Crippen LogP contribution in [0.2, 0.25) is 5.02 Å². The van der Waals surface area contributed by atoms with Crippen molar-refractivity contribution in [3.63, 3.8) is 0 Å². The molecule has 6 heteroatoms. The number of benzene rings is 2. The van der Waals surface area contributed by atoms with Crippen molar-refractivity contribution in [3.8, 4) is 5.75 Å². The molecule has 4 nitrogen and oxygen atoms in total. The molecule has 2 N–H and O–H groups in total. The van der Waals surface area contributed by atoms with Crippen LogP contribution in [0.15, 0.2) is 42.5 Å². The fraction of sp³-hybridized carbons (Fsp3) is 0.133. The molecule has 2 aromatic carbocycles. The number of ether oxygens (including phenoxy) is 1. The summed E-state index contributed by atoms with van der Waals surface area (Å²) < 4.78 is 18.7. The summed E-state index contributed by atoms with van der Waals surface area (Å²) in [6.07, 6.45) is 0.